The highest BCUT2D eigenvalue weighted by Gasteiger charge is 2.19. The zero-order chi connectivity index (χ0) is 19.2. The maximum Gasteiger partial charge on any atom is 0.247 e. The summed E-state index contributed by atoms with van der Waals surface area (Å²) in [5.41, 5.74) is 3.37. The lowest BCUT2D eigenvalue weighted by Crippen LogP contribution is -2.33. The van der Waals surface area contributed by atoms with Gasteiger partial charge in [-0.1, -0.05) is 55.7 Å². The van der Waals surface area contributed by atoms with Crippen molar-refractivity contribution in [2.45, 2.75) is 51.2 Å². The third-order valence-corrected chi connectivity index (χ3v) is 5.55. The molecule has 1 heterocycles. The number of para-hydroxylation sites is 1. The van der Waals surface area contributed by atoms with Crippen LogP contribution in [0.2, 0.25) is 0 Å². The zero-order valence-electron chi connectivity index (χ0n) is 16.5. The number of rotatable bonds is 7. The molecule has 0 radical (unpaired) electrons. The Balaban J connectivity index is 1.39. The van der Waals surface area contributed by atoms with E-state index in [0.717, 1.165) is 17.8 Å². The first-order valence-corrected chi connectivity index (χ1v) is 10.2. The van der Waals surface area contributed by atoms with E-state index in [0.29, 0.717) is 24.4 Å². The van der Waals surface area contributed by atoms with Crippen molar-refractivity contribution in [3.63, 3.8) is 0 Å². The minimum Gasteiger partial charge on any atom is -0.419 e. The molecule has 0 unspecified atom stereocenters. The average Bonchev–Trinajstić information content (AvgIpc) is 3.23. The fraction of sp³-hybridized carbons (Fsp3) is 0.391. The Morgan fingerprint density at radius 1 is 0.964 bits per heavy atom. The number of hydrogen-bond donors (Lipinski definition) is 1. The highest BCUT2D eigenvalue weighted by molar-refractivity contribution is 5.52. The zero-order valence-corrected chi connectivity index (χ0v) is 16.5. The van der Waals surface area contributed by atoms with Crippen LogP contribution in [0.25, 0.3) is 11.5 Å². The molecule has 4 rings (SSSR count). The predicted molar refractivity (Wildman–Crippen MR) is 112 cm³/mol. The van der Waals surface area contributed by atoms with E-state index in [-0.39, 0.29) is 0 Å². The first kappa shape index (κ1) is 18.7. The molecule has 1 saturated carbocycles. The molecule has 1 aliphatic rings. The van der Waals surface area contributed by atoms with E-state index in [1.807, 2.05) is 30.3 Å². The van der Waals surface area contributed by atoms with Crippen LogP contribution in [0.1, 0.15) is 43.6 Å². The van der Waals surface area contributed by atoms with Gasteiger partial charge >= 0.3 is 0 Å². The number of nitrogens with one attached hydrogen (secondary N) is 1. The molecule has 0 bridgehead atoms. The van der Waals surface area contributed by atoms with Crippen LogP contribution in [0.3, 0.4) is 0 Å². The van der Waals surface area contributed by atoms with Gasteiger partial charge in [0.05, 0.1) is 6.54 Å². The van der Waals surface area contributed by atoms with Gasteiger partial charge in [-0.3, -0.25) is 4.90 Å². The van der Waals surface area contributed by atoms with Gasteiger partial charge in [0.2, 0.25) is 11.8 Å². The third kappa shape index (κ3) is 4.60. The molecule has 0 spiro atoms. The summed E-state index contributed by atoms with van der Waals surface area (Å²) < 4.78 is 5.81. The lowest BCUT2D eigenvalue weighted by Gasteiger charge is -2.31. The number of benzene rings is 2. The first-order chi connectivity index (χ1) is 13.8. The minimum absolute atomic E-state index is 0.518. The van der Waals surface area contributed by atoms with Crippen molar-refractivity contribution in [3.05, 3.63) is 66.1 Å². The van der Waals surface area contributed by atoms with E-state index in [1.165, 1.54) is 37.7 Å². The number of aromatic nitrogens is 2. The molecule has 146 valence electrons. The smallest absolute Gasteiger partial charge is 0.247 e. The van der Waals surface area contributed by atoms with E-state index in [1.54, 1.807) is 0 Å². The Hall–Kier alpha value is -2.66. The molecule has 5 nitrogen and oxygen atoms in total. The summed E-state index contributed by atoms with van der Waals surface area (Å²) in [4.78, 5) is 2.50. The van der Waals surface area contributed by atoms with Gasteiger partial charge in [-0.25, -0.2) is 0 Å². The normalized spacial score (nSPS) is 15.1. The molecule has 2 aromatic carbocycles. The summed E-state index contributed by atoms with van der Waals surface area (Å²) in [6, 6.07) is 19.1. The Kier molecular flexibility index (Phi) is 6.02. The van der Waals surface area contributed by atoms with Crippen molar-refractivity contribution in [1.29, 1.82) is 0 Å². The van der Waals surface area contributed by atoms with E-state index in [4.69, 9.17) is 4.42 Å². The SMILES string of the molecule is CN(Cc1ccccc1NCc1nnc(-c2ccccc2)o1)C1CCCCC1. The van der Waals surface area contributed by atoms with Gasteiger partial charge in [0, 0.05) is 23.8 Å². The third-order valence-electron chi connectivity index (χ3n) is 5.55. The predicted octanol–water partition coefficient (Wildman–Crippen LogP) is 5.11. The number of anilines is 1. The number of nitrogens with zero attached hydrogens (tertiary/aromatic N) is 3. The second kappa shape index (κ2) is 9.02. The fourth-order valence-electron chi connectivity index (χ4n) is 3.94. The topological polar surface area (TPSA) is 54.2 Å². The lowest BCUT2D eigenvalue weighted by atomic mass is 9.94. The molecule has 5 heteroatoms. The average molecular weight is 377 g/mol. The fourth-order valence-corrected chi connectivity index (χ4v) is 3.94. The van der Waals surface area contributed by atoms with Crippen LogP contribution in [0, 0.1) is 0 Å². The standard InChI is InChI=1S/C23H28N4O/c1-27(20-13-6-3-7-14-20)17-19-12-8-9-15-21(19)24-16-22-25-26-23(28-22)18-10-4-2-5-11-18/h2,4-5,8-12,15,20,24H,3,6-7,13-14,16-17H2,1H3. The molecule has 0 saturated heterocycles. The molecule has 28 heavy (non-hydrogen) atoms. The Labute approximate surface area is 166 Å². The van der Waals surface area contributed by atoms with Crippen molar-refractivity contribution in [3.8, 4) is 11.5 Å². The van der Waals surface area contributed by atoms with Crippen LogP contribution in [0.4, 0.5) is 5.69 Å². The van der Waals surface area contributed by atoms with Crippen molar-refractivity contribution in [2.24, 2.45) is 0 Å². The van der Waals surface area contributed by atoms with Gasteiger partial charge in [-0.15, -0.1) is 10.2 Å². The second-order valence-corrected chi connectivity index (χ2v) is 7.58. The Morgan fingerprint density at radius 3 is 2.54 bits per heavy atom. The van der Waals surface area contributed by atoms with E-state index >= 15 is 0 Å². The lowest BCUT2D eigenvalue weighted by molar-refractivity contribution is 0.185. The summed E-state index contributed by atoms with van der Waals surface area (Å²) in [6.45, 7) is 1.47. The van der Waals surface area contributed by atoms with Gasteiger partial charge in [-0.05, 0) is 43.7 Å². The molecule has 0 aliphatic heterocycles. The maximum atomic E-state index is 5.81. The Bertz CT molecular complexity index is 871. The van der Waals surface area contributed by atoms with Crippen LogP contribution in [0.5, 0.6) is 0 Å². The summed E-state index contributed by atoms with van der Waals surface area (Å²) in [5, 5.41) is 11.8. The van der Waals surface area contributed by atoms with E-state index < -0.39 is 0 Å². The summed E-state index contributed by atoms with van der Waals surface area (Å²) >= 11 is 0. The highest BCUT2D eigenvalue weighted by atomic mass is 16.4. The van der Waals surface area contributed by atoms with E-state index in [9.17, 15) is 0 Å². The Morgan fingerprint density at radius 2 is 1.71 bits per heavy atom. The second-order valence-electron chi connectivity index (χ2n) is 7.58. The summed E-state index contributed by atoms with van der Waals surface area (Å²) in [6.07, 6.45) is 6.73. The molecule has 0 amide bonds. The highest BCUT2D eigenvalue weighted by Crippen LogP contribution is 2.25. The number of hydrogen-bond acceptors (Lipinski definition) is 5. The molecule has 1 N–H and O–H groups in total. The van der Waals surface area contributed by atoms with Crippen LogP contribution in [-0.4, -0.2) is 28.2 Å². The van der Waals surface area contributed by atoms with Gasteiger partial charge in [0.1, 0.15) is 0 Å². The molecular formula is C23H28N4O. The summed E-state index contributed by atoms with van der Waals surface area (Å²) in [5.74, 6) is 1.15. The van der Waals surface area contributed by atoms with Crippen LogP contribution < -0.4 is 5.32 Å². The molecule has 0 atom stereocenters. The molecule has 1 aromatic heterocycles. The summed E-state index contributed by atoms with van der Waals surface area (Å²) in [7, 11) is 2.25. The van der Waals surface area contributed by atoms with Crippen LogP contribution >= 0.6 is 0 Å². The van der Waals surface area contributed by atoms with Crippen molar-refractivity contribution in [2.75, 3.05) is 12.4 Å². The monoisotopic (exact) mass is 376 g/mol. The largest absolute Gasteiger partial charge is 0.419 e. The van der Waals surface area contributed by atoms with Crippen LogP contribution in [-0.2, 0) is 13.1 Å². The van der Waals surface area contributed by atoms with Gasteiger partial charge in [0.15, 0.2) is 0 Å². The van der Waals surface area contributed by atoms with Crippen molar-refractivity contribution < 1.29 is 4.42 Å². The molecule has 3 aromatic rings. The maximum absolute atomic E-state index is 5.81. The van der Waals surface area contributed by atoms with Gasteiger partial charge in [0.25, 0.3) is 0 Å². The molecular weight excluding hydrogens is 348 g/mol. The molecule has 1 aliphatic carbocycles. The van der Waals surface area contributed by atoms with Crippen molar-refractivity contribution >= 4 is 5.69 Å². The van der Waals surface area contributed by atoms with Gasteiger partial charge < -0.3 is 9.73 Å². The quantitative estimate of drug-likeness (QED) is 0.621. The molecule has 1 fully saturated rings. The van der Waals surface area contributed by atoms with Gasteiger partial charge in [-0.2, -0.15) is 0 Å². The first-order valence-electron chi connectivity index (χ1n) is 10.2. The minimum atomic E-state index is 0.518. The van der Waals surface area contributed by atoms with Crippen LogP contribution in [0.15, 0.2) is 59.0 Å². The van der Waals surface area contributed by atoms with E-state index in [2.05, 4.69) is 51.7 Å². The van der Waals surface area contributed by atoms with Crippen molar-refractivity contribution in [1.82, 2.24) is 15.1 Å².